The van der Waals surface area contributed by atoms with Crippen molar-refractivity contribution in [1.29, 1.82) is 0 Å². The molecule has 0 unspecified atom stereocenters. The zero-order valence-electron chi connectivity index (χ0n) is 12.1. The fourth-order valence-corrected chi connectivity index (χ4v) is 2.86. The highest BCUT2D eigenvalue weighted by Crippen LogP contribution is 2.18. The molecule has 1 N–H and O–H groups in total. The molecule has 0 aromatic heterocycles. The smallest absolute Gasteiger partial charge is 0.267 e. The Balaban J connectivity index is 1.79. The van der Waals surface area contributed by atoms with Gasteiger partial charge in [-0.05, 0) is 42.5 Å². The molecule has 108 valence electrons. The molecule has 0 aliphatic heterocycles. The number of rotatable bonds is 2. The Hall–Kier alpha value is -2.16. The minimum absolute atomic E-state index is 0.122. The lowest BCUT2D eigenvalue weighted by molar-refractivity contribution is 0.0956. The van der Waals surface area contributed by atoms with Crippen molar-refractivity contribution < 1.29 is 4.79 Å². The van der Waals surface area contributed by atoms with Gasteiger partial charge in [0.05, 0.1) is 0 Å². The van der Waals surface area contributed by atoms with E-state index < -0.39 is 0 Å². The van der Waals surface area contributed by atoms with E-state index in [0.29, 0.717) is 5.56 Å². The zero-order valence-corrected chi connectivity index (χ0v) is 12.1. The molecular weight excluding hydrogens is 260 g/mol. The summed E-state index contributed by atoms with van der Waals surface area (Å²) < 4.78 is 0. The Kier molecular flexibility index (Phi) is 4.29. The predicted octanol–water partition coefficient (Wildman–Crippen LogP) is 4.28. The average Bonchev–Trinajstić information content (AvgIpc) is 2.81. The Morgan fingerprint density at radius 3 is 2.43 bits per heavy atom. The van der Waals surface area contributed by atoms with Crippen molar-refractivity contribution in [3.8, 4) is 0 Å². The van der Waals surface area contributed by atoms with E-state index >= 15 is 0 Å². The quantitative estimate of drug-likeness (QED) is 0.647. The highest BCUT2D eigenvalue weighted by molar-refractivity contribution is 6.07. The van der Waals surface area contributed by atoms with Crippen LogP contribution in [-0.4, -0.2) is 11.6 Å². The van der Waals surface area contributed by atoms with Gasteiger partial charge < -0.3 is 0 Å². The lowest BCUT2D eigenvalue weighted by Gasteiger charge is -2.06. The molecule has 1 saturated carbocycles. The van der Waals surface area contributed by atoms with E-state index in [9.17, 15) is 4.79 Å². The monoisotopic (exact) mass is 280 g/mol. The normalized spacial score (nSPS) is 15.5. The summed E-state index contributed by atoms with van der Waals surface area (Å²) in [4.78, 5) is 12.4. The molecule has 21 heavy (non-hydrogen) atoms. The summed E-state index contributed by atoms with van der Waals surface area (Å²) in [6.45, 7) is 0. The summed E-state index contributed by atoms with van der Waals surface area (Å²) in [6.07, 6.45) is 6.93. The standard InChI is InChI=1S/C18H20N2O/c21-18(20-19-15-10-3-1-2-4-11-15)17-13-7-9-14-8-5-6-12-16(14)17/h5-9,12-13H,1-4,10-11H2,(H,20,21). The van der Waals surface area contributed by atoms with E-state index in [1.807, 2.05) is 42.5 Å². The number of carbonyl (C=O) groups is 1. The van der Waals surface area contributed by atoms with E-state index in [1.54, 1.807) is 0 Å². The first-order chi connectivity index (χ1) is 10.3. The number of hydrogen-bond acceptors (Lipinski definition) is 2. The fraction of sp³-hybridized carbons (Fsp3) is 0.333. The zero-order chi connectivity index (χ0) is 14.5. The number of hydrogen-bond donors (Lipinski definition) is 1. The molecule has 0 saturated heterocycles. The van der Waals surface area contributed by atoms with Crippen LogP contribution in [0, 0.1) is 0 Å². The molecule has 3 heteroatoms. The van der Waals surface area contributed by atoms with Crippen LogP contribution in [0.15, 0.2) is 47.6 Å². The molecule has 1 aliphatic carbocycles. The molecule has 0 heterocycles. The molecule has 3 rings (SSSR count). The van der Waals surface area contributed by atoms with E-state index in [1.165, 1.54) is 25.7 Å². The van der Waals surface area contributed by atoms with Gasteiger partial charge in [-0.3, -0.25) is 4.79 Å². The average molecular weight is 280 g/mol. The van der Waals surface area contributed by atoms with Crippen LogP contribution in [0.4, 0.5) is 0 Å². The number of hydrazone groups is 1. The third-order valence-corrected chi connectivity index (χ3v) is 4.03. The molecule has 2 aromatic carbocycles. The number of fused-ring (bicyclic) bond motifs is 1. The largest absolute Gasteiger partial charge is 0.271 e. The highest BCUT2D eigenvalue weighted by atomic mass is 16.2. The summed E-state index contributed by atoms with van der Waals surface area (Å²) in [7, 11) is 0. The van der Waals surface area contributed by atoms with Gasteiger partial charge in [-0.2, -0.15) is 5.10 Å². The number of amides is 1. The second-order valence-corrected chi connectivity index (χ2v) is 5.56. The molecule has 1 amide bonds. The Bertz CT molecular complexity index is 660. The van der Waals surface area contributed by atoms with Crippen LogP contribution >= 0.6 is 0 Å². The first-order valence-electron chi connectivity index (χ1n) is 7.68. The first kappa shape index (κ1) is 13.8. The van der Waals surface area contributed by atoms with Crippen LogP contribution in [0.2, 0.25) is 0 Å². The minimum Gasteiger partial charge on any atom is -0.267 e. The van der Waals surface area contributed by atoms with E-state index in [-0.39, 0.29) is 5.91 Å². The third kappa shape index (κ3) is 3.30. The SMILES string of the molecule is O=C(NN=C1CCCCCC1)c1cccc2ccccc12. The van der Waals surface area contributed by atoms with Crippen LogP contribution in [0.1, 0.15) is 48.9 Å². The fourth-order valence-electron chi connectivity index (χ4n) is 2.86. The van der Waals surface area contributed by atoms with Crippen LogP contribution in [0.25, 0.3) is 10.8 Å². The molecule has 0 spiro atoms. The molecule has 1 aliphatic rings. The summed E-state index contributed by atoms with van der Waals surface area (Å²) >= 11 is 0. The summed E-state index contributed by atoms with van der Waals surface area (Å²) in [5.74, 6) is -0.122. The molecule has 2 aromatic rings. The molecular formula is C18H20N2O. The van der Waals surface area contributed by atoms with Gasteiger partial charge in [0.2, 0.25) is 0 Å². The van der Waals surface area contributed by atoms with Crippen molar-refractivity contribution in [2.45, 2.75) is 38.5 Å². The molecule has 0 radical (unpaired) electrons. The van der Waals surface area contributed by atoms with Crippen LogP contribution in [0.3, 0.4) is 0 Å². The van der Waals surface area contributed by atoms with Crippen LogP contribution < -0.4 is 5.43 Å². The minimum atomic E-state index is -0.122. The van der Waals surface area contributed by atoms with Crippen molar-refractivity contribution in [3.63, 3.8) is 0 Å². The summed E-state index contributed by atoms with van der Waals surface area (Å²) in [5, 5.41) is 6.39. The van der Waals surface area contributed by atoms with Gasteiger partial charge in [-0.25, -0.2) is 5.43 Å². The van der Waals surface area contributed by atoms with Gasteiger partial charge in [-0.1, -0.05) is 49.2 Å². The first-order valence-corrected chi connectivity index (χ1v) is 7.68. The van der Waals surface area contributed by atoms with Crippen molar-refractivity contribution >= 4 is 22.4 Å². The van der Waals surface area contributed by atoms with Crippen molar-refractivity contribution in [3.05, 3.63) is 48.0 Å². The molecule has 0 bridgehead atoms. The highest BCUT2D eigenvalue weighted by Gasteiger charge is 2.10. The number of benzene rings is 2. The molecule has 1 fully saturated rings. The van der Waals surface area contributed by atoms with E-state index in [0.717, 1.165) is 29.3 Å². The summed E-state index contributed by atoms with van der Waals surface area (Å²) in [5.41, 5.74) is 4.55. The van der Waals surface area contributed by atoms with Crippen molar-refractivity contribution in [1.82, 2.24) is 5.43 Å². The predicted molar refractivity (Wildman–Crippen MR) is 86.6 cm³/mol. The number of nitrogens with zero attached hydrogens (tertiary/aromatic N) is 1. The maximum Gasteiger partial charge on any atom is 0.271 e. The Labute approximate surface area is 125 Å². The van der Waals surface area contributed by atoms with Crippen LogP contribution in [0.5, 0.6) is 0 Å². The molecule has 3 nitrogen and oxygen atoms in total. The molecule has 0 atom stereocenters. The van der Waals surface area contributed by atoms with Gasteiger partial charge in [0.25, 0.3) is 5.91 Å². The summed E-state index contributed by atoms with van der Waals surface area (Å²) in [6, 6.07) is 13.7. The Morgan fingerprint density at radius 2 is 1.62 bits per heavy atom. The Morgan fingerprint density at radius 1 is 0.905 bits per heavy atom. The van der Waals surface area contributed by atoms with Gasteiger partial charge in [-0.15, -0.1) is 0 Å². The van der Waals surface area contributed by atoms with Crippen molar-refractivity contribution in [2.24, 2.45) is 5.10 Å². The lowest BCUT2D eigenvalue weighted by atomic mass is 10.0. The maximum atomic E-state index is 12.4. The van der Waals surface area contributed by atoms with Gasteiger partial charge in [0, 0.05) is 11.3 Å². The topological polar surface area (TPSA) is 41.5 Å². The van der Waals surface area contributed by atoms with Crippen molar-refractivity contribution in [2.75, 3.05) is 0 Å². The van der Waals surface area contributed by atoms with E-state index in [4.69, 9.17) is 0 Å². The second-order valence-electron chi connectivity index (χ2n) is 5.56. The second kappa shape index (κ2) is 6.53. The number of nitrogens with one attached hydrogen (secondary N) is 1. The van der Waals surface area contributed by atoms with Gasteiger partial charge >= 0.3 is 0 Å². The van der Waals surface area contributed by atoms with Gasteiger partial charge in [0.15, 0.2) is 0 Å². The van der Waals surface area contributed by atoms with Gasteiger partial charge in [0.1, 0.15) is 0 Å². The lowest BCUT2D eigenvalue weighted by Crippen LogP contribution is -2.20. The van der Waals surface area contributed by atoms with Crippen LogP contribution in [-0.2, 0) is 0 Å². The number of carbonyl (C=O) groups excluding carboxylic acids is 1. The van der Waals surface area contributed by atoms with E-state index in [2.05, 4.69) is 10.5 Å². The third-order valence-electron chi connectivity index (χ3n) is 4.03. The maximum absolute atomic E-state index is 12.4.